The summed E-state index contributed by atoms with van der Waals surface area (Å²) >= 11 is 0. The van der Waals surface area contributed by atoms with E-state index in [0.29, 0.717) is 49.1 Å². The Morgan fingerprint density at radius 2 is 1.90 bits per heavy atom. The van der Waals surface area contributed by atoms with Gasteiger partial charge < -0.3 is 24.8 Å². The van der Waals surface area contributed by atoms with E-state index in [0.717, 1.165) is 11.1 Å². The SMILES string of the molecule is CCOc1ccc(CCNC(=O)CC2COc3cc(C)ccc3NC2=O)cc1OCC. The lowest BCUT2D eigenvalue weighted by Gasteiger charge is -2.14. The van der Waals surface area contributed by atoms with Crippen molar-refractivity contribution < 1.29 is 23.8 Å². The fraction of sp³-hybridized carbons (Fsp3) is 0.417. The highest BCUT2D eigenvalue weighted by molar-refractivity contribution is 5.97. The van der Waals surface area contributed by atoms with Gasteiger partial charge in [0, 0.05) is 13.0 Å². The molecule has 1 aliphatic rings. The molecule has 7 nitrogen and oxygen atoms in total. The van der Waals surface area contributed by atoms with E-state index >= 15 is 0 Å². The number of amides is 2. The van der Waals surface area contributed by atoms with E-state index in [-0.39, 0.29) is 24.8 Å². The number of aryl methyl sites for hydroxylation is 1. The zero-order chi connectivity index (χ0) is 22.2. The van der Waals surface area contributed by atoms with Gasteiger partial charge in [-0.1, -0.05) is 12.1 Å². The minimum absolute atomic E-state index is 0.0757. The minimum atomic E-state index is -0.539. The first-order chi connectivity index (χ1) is 15.0. The van der Waals surface area contributed by atoms with Crippen molar-refractivity contribution in [1.82, 2.24) is 5.32 Å². The van der Waals surface area contributed by atoms with Crippen LogP contribution in [-0.4, -0.2) is 38.2 Å². The van der Waals surface area contributed by atoms with Gasteiger partial charge in [0.2, 0.25) is 11.8 Å². The Hall–Kier alpha value is -3.22. The Bertz CT molecular complexity index is 928. The third-order valence-electron chi connectivity index (χ3n) is 4.98. The Morgan fingerprint density at radius 1 is 1.13 bits per heavy atom. The molecule has 0 bridgehead atoms. The molecular weight excluding hydrogens is 396 g/mol. The molecule has 0 saturated carbocycles. The second-order valence-electron chi connectivity index (χ2n) is 7.45. The van der Waals surface area contributed by atoms with Crippen LogP contribution in [0.2, 0.25) is 0 Å². The molecule has 1 aliphatic heterocycles. The van der Waals surface area contributed by atoms with Crippen molar-refractivity contribution in [2.75, 3.05) is 31.7 Å². The molecule has 1 unspecified atom stereocenters. The number of fused-ring (bicyclic) bond motifs is 1. The third kappa shape index (κ3) is 6.13. The molecule has 1 atom stereocenters. The van der Waals surface area contributed by atoms with Gasteiger partial charge in [0.15, 0.2) is 11.5 Å². The topological polar surface area (TPSA) is 85.9 Å². The summed E-state index contributed by atoms with van der Waals surface area (Å²) in [6.45, 7) is 7.57. The number of hydrogen-bond donors (Lipinski definition) is 2. The number of nitrogens with one attached hydrogen (secondary N) is 2. The molecule has 0 radical (unpaired) electrons. The van der Waals surface area contributed by atoms with Crippen LogP contribution in [0, 0.1) is 12.8 Å². The number of hydrogen-bond acceptors (Lipinski definition) is 5. The molecule has 1 heterocycles. The van der Waals surface area contributed by atoms with Crippen LogP contribution in [0.25, 0.3) is 0 Å². The molecule has 2 N–H and O–H groups in total. The van der Waals surface area contributed by atoms with Gasteiger partial charge in [0.25, 0.3) is 0 Å². The first-order valence-corrected chi connectivity index (χ1v) is 10.7. The molecule has 2 aromatic carbocycles. The molecule has 2 amide bonds. The maximum absolute atomic E-state index is 12.5. The predicted octanol–water partition coefficient (Wildman–Crippen LogP) is 3.49. The minimum Gasteiger partial charge on any atom is -0.491 e. The maximum Gasteiger partial charge on any atom is 0.231 e. The van der Waals surface area contributed by atoms with Crippen LogP contribution in [0.5, 0.6) is 17.2 Å². The largest absolute Gasteiger partial charge is 0.491 e. The highest BCUT2D eigenvalue weighted by Crippen LogP contribution is 2.30. The van der Waals surface area contributed by atoms with Gasteiger partial charge in [-0.05, 0) is 62.6 Å². The lowest BCUT2D eigenvalue weighted by molar-refractivity contribution is -0.128. The standard InChI is InChI=1S/C24H30N2O5/c1-4-29-20-9-7-17(13-22(20)30-5-2)10-11-25-23(27)14-18-15-31-21-12-16(3)6-8-19(21)26-24(18)28/h6-9,12-13,18H,4-5,10-11,14-15H2,1-3H3,(H,25,27)(H,26,28). The molecule has 7 heteroatoms. The van der Waals surface area contributed by atoms with Crippen LogP contribution < -0.4 is 24.8 Å². The van der Waals surface area contributed by atoms with Gasteiger partial charge >= 0.3 is 0 Å². The van der Waals surface area contributed by atoms with Gasteiger partial charge in [-0.2, -0.15) is 0 Å². The summed E-state index contributed by atoms with van der Waals surface area (Å²) in [5.74, 6) is 1.13. The van der Waals surface area contributed by atoms with E-state index in [4.69, 9.17) is 14.2 Å². The third-order valence-corrected chi connectivity index (χ3v) is 4.98. The molecule has 0 aliphatic carbocycles. The van der Waals surface area contributed by atoms with Crippen LogP contribution in [0.15, 0.2) is 36.4 Å². The fourth-order valence-corrected chi connectivity index (χ4v) is 3.40. The molecule has 31 heavy (non-hydrogen) atoms. The van der Waals surface area contributed by atoms with Gasteiger partial charge in [-0.15, -0.1) is 0 Å². The summed E-state index contributed by atoms with van der Waals surface area (Å²) in [5.41, 5.74) is 2.72. The second kappa shape index (κ2) is 10.7. The smallest absolute Gasteiger partial charge is 0.231 e. The monoisotopic (exact) mass is 426 g/mol. The lowest BCUT2D eigenvalue weighted by atomic mass is 10.1. The molecule has 0 spiro atoms. The molecule has 0 saturated heterocycles. The van der Waals surface area contributed by atoms with Crippen LogP contribution >= 0.6 is 0 Å². The first-order valence-electron chi connectivity index (χ1n) is 10.7. The highest BCUT2D eigenvalue weighted by atomic mass is 16.5. The van der Waals surface area contributed by atoms with E-state index in [1.807, 2.05) is 57.2 Å². The van der Waals surface area contributed by atoms with E-state index in [1.54, 1.807) is 0 Å². The van der Waals surface area contributed by atoms with E-state index in [1.165, 1.54) is 0 Å². The number of carbonyl (C=O) groups excluding carboxylic acids is 2. The molecule has 166 valence electrons. The quantitative estimate of drug-likeness (QED) is 0.641. The van der Waals surface area contributed by atoms with E-state index in [9.17, 15) is 9.59 Å². The van der Waals surface area contributed by atoms with Gasteiger partial charge in [0.05, 0.1) is 24.8 Å². The van der Waals surface area contributed by atoms with Gasteiger partial charge in [-0.25, -0.2) is 0 Å². The predicted molar refractivity (Wildman–Crippen MR) is 119 cm³/mol. The van der Waals surface area contributed by atoms with Crippen molar-refractivity contribution in [3.63, 3.8) is 0 Å². The average molecular weight is 427 g/mol. The summed E-state index contributed by atoms with van der Waals surface area (Å²) in [4.78, 5) is 24.9. The lowest BCUT2D eigenvalue weighted by Crippen LogP contribution is -2.33. The zero-order valence-electron chi connectivity index (χ0n) is 18.3. The first kappa shape index (κ1) is 22.5. The van der Waals surface area contributed by atoms with Crippen LogP contribution in [0.3, 0.4) is 0 Å². The van der Waals surface area contributed by atoms with Gasteiger partial charge in [-0.3, -0.25) is 9.59 Å². The van der Waals surface area contributed by atoms with Crippen molar-refractivity contribution in [3.8, 4) is 17.2 Å². The second-order valence-corrected chi connectivity index (χ2v) is 7.45. The van der Waals surface area contributed by atoms with Gasteiger partial charge in [0.1, 0.15) is 12.4 Å². The van der Waals surface area contributed by atoms with Crippen molar-refractivity contribution >= 4 is 17.5 Å². The Labute approximate surface area is 183 Å². The molecule has 0 fully saturated rings. The maximum atomic E-state index is 12.5. The van der Waals surface area contributed by atoms with Crippen molar-refractivity contribution in [2.45, 2.75) is 33.6 Å². The number of anilines is 1. The summed E-state index contributed by atoms with van der Waals surface area (Å²) in [7, 11) is 0. The normalized spacial score (nSPS) is 15.2. The summed E-state index contributed by atoms with van der Waals surface area (Å²) in [5, 5.41) is 5.75. The summed E-state index contributed by atoms with van der Waals surface area (Å²) in [6, 6.07) is 11.4. The Balaban J connectivity index is 1.50. The van der Waals surface area contributed by atoms with Crippen molar-refractivity contribution in [3.05, 3.63) is 47.5 Å². The average Bonchev–Trinajstić information content (AvgIpc) is 2.89. The van der Waals surface area contributed by atoms with Crippen LogP contribution in [0.1, 0.15) is 31.4 Å². The molecule has 2 aromatic rings. The summed E-state index contributed by atoms with van der Waals surface area (Å²) < 4.78 is 17.0. The van der Waals surface area contributed by atoms with E-state index < -0.39 is 5.92 Å². The van der Waals surface area contributed by atoms with E-state index in [2.05, 4.69) is 10.6 Å². The Morgan fingerprint density at radius 3 is 2.68 bits per heavy atom. The number of carbonyl (C=O) groups is 2. The number of ether oxygens (including phenoxy) is 3. The van der Waals surface area contributed by atoms with Crippen LogP contribution in [-0.2, 0) is 16.0 Å². The van der Waals surface area contributed by atoms with Crippen molar-refractivity contribution in [2.24, 2.45) is 5.92 Å². The fourth-order valence-electron chi connectivity index (χ4n) is 3.40. The zero-order valence-corrected chi connectivity index (χ0v) is 18.3. The number of rotatable bonds is 9. The molecular formula is C24H30N2O5. The van der Waals surface area contributed by atoms with Crippen LogP contribution in [0.4, 0.5) is 5.69 Å². The highest BCUT2D eigenvalue weighted by Gasteiger charge is 2.27. The molecule has 3 rings (SSSR count). The summed E-state index contributed by atoms with van der Waals surface area (Å²) in [6.07, 6.45) is 0.725. The number of benzene rings is 2. The molecule has 0 aromatic heterocycles. The Kier molecular flexibility index (Phi) is 7.76. The van der Waals surface area contributed by atoms with Crippen molar-refractivity contribution in [1.29, 1.82) is 0 Å².